The molecule has 0 bridgehead atoms. The molecule has 0 aromatic heterocycles. The Labute approximate surface area is 79.4 Å². The molecule has 13 heavy (non-hydrogen) atoms. The van der Waals surface area contributed by atoms with Gasteiger partial charge in [-0.2, -0.15) is 0 Å². The third kappa shape index (κ3) is 0.660. The number of rotatable bonds is 0. The van der Waals surface area contributed by atoms with Gasteiger partial charge in [-0.15, -0.1) is 0 Å². The van der Waals surface area contributed by atoms with Gasteiger partial charge in [-0.05, 0) is 12.8 Å². The number of aliphatic imine (C=N–C) groups is 1. The molecule has 3 rings (SSSR count). The molecule has 2 nitrogen and oxygen atoms in total. The van der Waals surface area contributed by atoms with Crippen molar-refractivity contribution in [1.29, 1.82) is 0 Å². The summed E-state index contributed by atoms with van der Waals surface area (Å²) in [5.41, 5.74) is 0.843. The molecule has 0 aromatic carbocycles. The summed E-state index contributed by atoms with van der Waals surface area (Å²) in [4.78, 5) is 4.43. The second-order valence-corrected chi connectivity index (χ2v) is 5.34. The SMILES string of the molecule is CC1(C)[C@H]2N=COC2C12CCCC2. The van der Waals surface area contributed by atoms with Crippen LogP contribution in [0.1, 0.15) is 39.5 Å². The van der Waals surface area contributed by atoms with E-state index in [1.54, 1.807) is 6.40 Å². The highest BCUT2D eigenvalue weighted by atomic mass is 16.5. The monoisotopic (exact) mass is 179 g/mol. The van der Waals surface area contributed by atoms with Crippen LogP contribution in [0.4, 0.5) is 0 Å². The van der Waals surface area contributed by atoms with Gasteiger partial charge in [-0.3, -0.25) is 4.99 Å². The van der Waals surface area contributed by atoms with E-state index in [-0.39, 0.29) is 0 Å². The van der Waals surface area contributed by atoms with Gasteiger partial charge in [0.25, 0.3) is 0 Å². The predicted octanol–water partition coefficient (Wildman–Crippen LogP) is 2.38. The van der Waals surface area contributed by atoms with Gasteiger partial charge in [0.2, 0.25) is 0 Å². The minimum atomic E-state index is 0.376. The average Bonchev–Trinajstić information content (AvgIpc) is 2.73. The van der Waals surface area contributed by atoms with Crippen LogP contribution in [-0.4, -0.2) is 18.5 Å². The Morgan fingerprint density at radius 1 is 1.31 bits per heavy atom. The van der Waals surface area contributed by atoms with E-state index in [0.717, 1.165) is 0 Å². The normalized spacial score (nSPS) is 42.9. The van der Waals surface area contributed by atoms with E-state index < -0.39 is 0 Å². The van der Waals surface area contributed by atoms with E-state index in [4.69, 9.17) is 4.74 Å². The van der Waals surface area contributed by atoms with Crippen LogP contribution in [0.15, 0.2) is 4.99 Å². The van der Waals surface area contributed by atoms with Crippen molar-refractivity contribution in [3.63, 3.8) is 0 Å². The largest absolute Gasteiger partial charge is 0.477 e. The fraction of sp³-hybridized carbons (Fsp3) is 0.909. The summed E-state index contributed by atoms with van der Waals surface area (Å²) >= 11 is 0. The summed E-state index contributed by atoms with van der Waals surface area (Å²) in [5, 5.41) is 0. The van der Waals surface area contributed by atoms with E-state index in [9.17, 15) is 0 Å². The summed E-state index contributed by atoms with van der Waals surface area (Å²) < 4.78 is 5.63. The van der Waals surface area contributed by atoms with Crippen LogP contribution >= 0.6 is 0 Å². The lowest BCUT2D eigenvalue weighted by molar-refractivity contribution is -0.164. The minimum Gasteiger partial charge on any atom is -0.477 e. The second-order valence-electron chi connectivity index (χ2n) is 5.34. The van der Waals surface area contributed by atoms with Crippen molar-refractivity contribution in [3.05, 3.63) is 0 Å². The Kier molecular flexibility index (Phi) is 1.27. The third-order valence-corrected chi connectivity index (χ3v) is 4.78. The molecule has 1 spiro atoms. The average molecular weight is 179 g/mol. The zero-order valence-corrected chi connectivity index (χ0v) is 8.42. The van der Waals surface area contributed by atoms with Crippen molar-refractivity contribution >= 4 is 6.40 Å². The first-order valence-electron chi connectivity index (χ1n) is 5.36. The number of hydrogen-bond acceptors (Lipinski definition) is 2. The first-order valence-corrected chi connectivity index (χ1v) is 5.36. The predicted molar refractivity (Wildman–Crippen MR) is 51.8 cm³/mol. The highest BCUT2D eigenvalue weighted by Crippen LogP contribution is 2.67. The lowest BCUT2D eigenvalue weighted by atomic mass is 9.45. The van der Waals surface area contributed by atoms with E-state index in [0.29, 0.717) is 23.0 Å². The van der Waals surface area contributed by atoms with Crippen LogP contribution in [0.25, 0.3) is 0 Å². The lowest BCUT2D eigenvalue weighted by Crippen LogP contribution is -2.67. The first kappa shape index (κ1) is 7.84. The number of nitrogens with zero attached hydrogens (tertiary/aromatic N) is 1. The molecule has 0 aromatic rings. The molecule has 2 heteroatoms. The zero-order valence-electron chi connectivity index (χ0n) is 8.42. The lowest BCUT2D eigenvalue weighted by Gasteiger charge is -2.61. The fourth-order valence-corrected chi connectivity index (χ4v) is 3.82. The van der Waals surface area contributed by atoms with Gasteiger partial charge in [0.15, 0.2) is 6.40 Å². The third-order valence-electron chi connectivity index (χ3n) is 4.78. The Morgan fingerprint density at radius 2 is 2.00 bits per heavy atom. The molecule has 0 saturated heterocycles. The molecule has 0 radical (unpaired) electrons. The van der Waals surface area contributed by atoms with Crippen molar-refractivity contribution in [2.24, 2.45) is 15.8 Å². The Balaban J connectivity index is 1.97. The van der Waals surface area contributed by atoms with E-state index in [1.165, 1.54) is 25.7 Å². The fourth-order valence-electron chi connectivity index (χ4n) is 3.82. The molecule has 2 atom stereocenters. The van der Waals surface area contributed by atoms with E-state index >= 15 is 0 Å². The molecule has 0 N–H and O–H groups in total. The molecule has 72 valence electrons. The van der Waals surface area contributed by atoms with Crippen molar-refractivity contribution < 1.29 is 4.74 Å². The number of ether oxygens (including phenoxy) is 1. The molecule has 2 fully saturated rings. The molecule has 3 aliphatic rings. The summed E-state index contributed by atoms with van der Waals surface area (Å²) in [6, 6.07) is 0.450. The molecule has 2 saturated carbocycles. The van der Waals surface area contributed by atoms with Crippen LogP contribution in [0.2, 0.25) is 0 Å². The van der Waals surface area contributed by atoms with Crippen LogP contribution in [0, 0.1) is 10.8 Å². The van der Waals surface area contributed by atoms with Gasteiger partial charge in [-0.25, -0.2) is 0 Å². The van der Waals surface area contributed by atoms with Gasteiger partial charge in [-0.1, -0.05) is 26.7 Å². The summed E-state index contributed by atoms with van der Waals surface area (Å²) in [5.74, 6) is 0. The van der Waals surface area contributed by atoms with E-state index in [2.05, 4.69) is 18.8 Å². The minimum absolute atomic E-state index is 0.376. The van der Waals surface area contributed by atoms with Crippen molar-refractivity contribution in [2.45, 2.75) is 51.7 Å². The summed E-state index contributed by atoms with van der Waals surface area (Å²) in [6.45, 7) is 4.73. The Bertz CT molecular complexity index is 263. The topological polar surface area (TPSA) is 21.6 Å². The second kappa shape index (κ2) is 2.10. The van der Waals surface area contributed by atoms with Gasteiger partial charge >= 0.3 is 0 Å². The highest BCUT2D eigenvalue weighted by Gasteiger charge is 2.70. The Morgan fingerprint density at radius 3 is 2.69 bits per heavy atom. The standard InChI is InChI=1S/C11H17NO/c1-10(2)8-9(13-7-12-8)11(10)5-3-4-6-11/h7-9H,3-6H2,1-2H3/t8-,9?/m0/s1. The highest BCUT2D eigenvalue weighted by molar-refractivity contribution is 5.53. The van der Waals surface area contributed by atoms with Gasteiger partial charge in [0.1, 0.15) is 6.10 Å². The number of hydrogen-bond donors (Lipinski definition) is 0. The maximum absolute atomic E-state index is 5.63. The molecule has 1 unspecified atom stereocenters. The van der Waals surface area contributed by atoms with Crippen molar-refractivity contribution in [1.82, 2.24) is 0 Å². The smallest absolute Gasteiger partial charge is 0.170 e. The van der Waals surface area contributed by atoms with Crippen LogP contribution in [0.3, 0.4) is 0 Å². The van der Waals surface area contributed by atoms with Gasteiger partial charge in [0, 0.05) is 10.8 Å². The molecular weight excluding hydrogens is 162 g/mol. The maximum Gasteiger partial charge on any atom is 0.170 e. The molecule has 1 aliphatic heterocycles. The molecule has 2 aliphatic carbocycles. The maximum atomic E-state index is 5.63. The van der Waals surface area contributed by atoms with Gasteiger partial charge in [0.05, 0.1) is 6.04 Å². The van der Waals surface area contributed by atoms with Crippen LogP contribution < -0.4 is 0 Å². The van der Waals surface area contributed by atoms with Crippen LogP contribution in [0.5, 0.6) is 0 Å². The van der Waals surface area contributed by atoms with Crippen molar-refractivity contribution in [2.75, 3.05) is 0 Å². The van der Waals surface area contributed by atoms with E-state index in [1.807, 2.05) is 0 Å². The first-order chi connectivity index (χ1) is 6.18. The quantitative estimate of drug-likeness (QED) is 0.559. The molecule has 1 heterocycles. The van der Waals surface area contributed by atoms with Crippen LogP contribution in [-0.2, 0) is 4.74 Å². The summed E-state index contributed by atoms with van der Waals surface area (Å²) in [7, 11) is 0. The zero-order chi connectivity index (χ0) is 9.10. The Hall–Kier alpha value is -0.530. The molecular formula is C11H17NO. The van der Waals surface area contributed by atoms with Crippen molar-refractivity contribution in [3.8, 4) is 0 Å². The molecule has 0 amide bonds. The summed E-state index contributed by atoms with van der Waals surface area (Å²) in [6.07, 6.45) is 7.58. The number of fused-ring (bicyclic) bond motifs is 2. The van der Waals surface area contributed by atoms with Gasteiger partial charge < -0.3 is 4.74 Å².